The number of carbonyl (C=O) groups is 3. The van der Waals surface area contributed by atoms with Crippen molar-refractivity contribution in [1.82, 2.24) is 9.80 Å². The molecule has 0 aromatic heterocycles. The van der Waals surface area contributed by atoms with Gasteiger partial charge in [0.15, 0.2) is 0 Å². The first-order valence-corrected chi connectivity index (χ1v) is 10.5. The molecule has 2 saturated heterocycles. The summed E-state index contributed by atoms with van der Waals surface area (Å²) < 4.78 is 5.21. The molecule has 3 aliphatic rings. The lowest BCUT2D eigenvalue weighted by Crippen LogP contribution is -2.53. The standard InChI is InChI=1S/C22H29N3O4/c1-22(2)15-29-21(28)25(22)17-10-12-23(13-11-17)19(26)7-8-20(27)24-14-9-16-5-3-4-6-18(16)24/h3-6,17H,7-15H2,1-2H3. The zero-order chi connectivity index (χ0) is 20.6. The van der Waals surface area contributed by atoms with Crippen LogP contribution in [0.5, 0.6) is 0 Å². The van der Waals surface area contributed by atoms with Gasteiger partial charge in [0, 0.05) is 44.2 Å². The molecule has 0 aliphatic carbocycles. The van der Waals surface area contributed by atoms with Crippen LogP contribution in [0.2, 0.25) is 0 Å². The van der Waals surface area contributed by atoms with E-state index >= 15 is 0 Å². The van der Waals surface area contributed by atoms with Gasteiger partial charge < -0.3 is 14.5 Å². The summed E-state index contributed by atoms with van der Waals surface area (Å²) in [7, 11) is 0. The highest BCUT2D eigenvalue weighted by Gasteiger charge is 2.44. The number of cyclic esters (lactones) is 1. The van der Waals surface area contributed by atoms with Crippen molar-refractivity contribution in [3.05, 3.63) is 29.8 Å². The van der Waals surface area contributed by atoms with Gasteiger partial charge in [0.2, 0.25) is 11.8 Å². The minimum absolute atomic E-state index is 0.0137. The van der Waals surface area contributed by atoms with Crippen LogP contribution in [0.4, 0.5) is 10.5 Å². The predicted octanol–water partition coefficient (Wildman–Crippen LogP) is 2.58. The van der Waals surface area contributed by atoms with Crippen molar-refractivity contribution in [2.24, 2.45) is 0 Å². The molecule has 0 N–H and O–H groups in total. The van der Waals surface area contributed by atoms with Crippen molar-refractivity contribution < 1.29 is 19.1 Å². The van der Waals surface area contributed by atoms with Crippen molar-refractivity contribution in [2.75, 3.05) is 31.1 Å². The SMILES string of the molecule is CC1(C)COC(=O)N1C1CCN(C(=O)CCC(=O)N2CCc3ccccc32)CC1. The number of para-hydroxylation sites is 1. The van der Waals surface area contributed by atoms with Crippen molar-refractivity contribution in [3.63, 3.8) is 0 Å². The number of anilines is 1. The lowest BCUT2D eigenvalue weighted by Gasteiger charge is -2.40. The highest BCUT2D eigenvalue weighted by atomic mass is 16.6. The summed E-state index contributed by atoms with van der Waals surface area (Å²) in [5, 5.41) is 0. The van der Waals surface area contributed by atoms with Crippen LogP contribution in [0, 0.1) is 0 Å². The Labute approximate surface area is 171 Å². The molecule has 0 bridgehead atoms. The molecular weight excluding hydrogens is 370 g/mol. The van der Waals surface area contributed by atoms with E-state index in [4.69, 9.17) is 4.74 Å². The Hall–Kier alpha value is -2.57. The fourth-order valence-corrected chi connectivity index (χ4v) is 4.75. The molecule has 156 valence electrons. The van der Waals surface area contributed by atoms with Crippen LogP contribution in [0.15, 0.2) is 24.3 Å². The summed E-state index contributed by atoms with van der Waals surface area (Å²) in [6, 6.07) is 8.06. The molecule has 3 aliphatic heterocycles. The third-order valence-corrected chi connectivity index (χ3v) is 6.32. The fraction of sp³-hybridized carbons (Fsp3) is 0.591. The molecule has 3 amide bonds. The Morgan fingerprint density at radius 1 is 1.07 bits per heavy atom. The van der Waals surface area contributed by atoms with Crippen molar-refractivity contribution in [3.8, 4) is 0 Å². The number of fused-ring (bicyclic) bond motifs is 1. The van der Waals surface area contributed by atoms with Gasteiger partial charge in [-0.15, -0.1) is 0 Å². The number of likely N-dealkylation sites (tertiary alicyclic amines) is 1. The van der Waals surface area contributed by atoms with Gasteiger partial charge in [0.1, 0.15) is 6.61 Å². The summed E-state index contributed by atoms with van der Waals surface area (Å²) in [6.07, 6.45) is 2.59. The van der Waals surface area contributed by atoms with E-state index in [1.807, 2.05) is 41.8 Å². The molecule has 0 spiro atoms. The predicted molar refractivity (Wildman–Crippen MR) is 109 cm³/mol. The topological polar surface area (TPSA) is 70.2 Å². The van der Waals surface area contributed by atoms with E-state index in [0.29, 0.717) is 26.2 Å². The Morgan fingerprint density at radius 3 is 2.45 bits per heavy atom. The molecule has 4 rings (SSSR count). The molecule has 0 atom stereocenters. The second-order valence-corrected chi connectivity index (χ2v) is 8.77. The molecule has 0 saturated carbocycles. The average molecular weight is 399 g/mol. The molecule has 1 aromatic rings. The average Bonchev–Trinajstić information content (AvgIpc) is 3.26. The first kappa shape index (κ1) is 19.7. The van der Waals surface area contributed by atoms with Crippen LogP contribution < -0.4 is 4.90 Å². The summed E-state index contributed by atoms with van der Waals surface area (Å²) in [6.45, 7) is 6.36. The van der Waals surface area contributed by atoms with Gasteiger partial charge >= 0.3 is 6.09 Å². The number of hydrogen-bond acceptors (Lipinski definition) is 4. The first-order chi connectivity index (χ1) is 13.9. The van der Waals surface area contributed by atoms with Gasteiger partial charge in [0.05, 0.1) is 5.54 Å². The fourth-order valence-electron chi connectivity index (χ4n) is 4.75. The quantitative estimate of drug-likeness (QED) is 0.780. The monoisotopic (exact) mass is 399 g/mol. The smallest absolute Gasteiger partial charge is 0.410 e. The molecule has 7 nitrogen and oxygen atoms in total. The summed E-state index contributed by atoms with van der Waals surface area (Å²) in [5.41, 5.74) is 1.87. The zero-order valence-corrected chi connectivity index (χ0v) is 17.2. The number of nitrogens with zero attached hydrogens (tertiary/aromatic N) is 3. The molecular formula is C22H29N3O4. The van der Waals surface area contributed by atoms with E-state index in [9.17, 15) is 14.4 Å². The van der Waals surface area contributed by atoms with Gasteiger partial charge in [-0.1, -0.05) is 18.2 Å². The van der Waals surface area contributed by atoms with Crippen LogP contribution in [0.25, 0.3) is 0 Å². The van der Waals surface area contributed by atoms with Crippen LogP contribution >= 0.6 is 0 Å². The molecule has 0 unspecified atom stereocenters. The number of amides is 3. The van der Waals surface area contributed by atoms with Crippen LogP contribution in [-0.4, -0.2) is 65.5 Å². The molecule has 2 fully saturated rings. The minimum atomic E-state index is -0.299. The third-order valence-electron chi connectivity index (χ3n) is 6.32. The van der Waals surface area contributed by atoms with E-state index in [1.165, 1.54) is 5.56 Å². The van der Waals surface area contributed by atoms with E-state index in [-0.39, 0.29) is 42.3 Å². The second kappa shape index (κ2) is 7.69. The molecule has 7 heteroatoms. The third kappa shape index (κ3) is 3.82. The maximum Gasteiger partial charge on any atom is 0.410 e. The second-order valence-electron chi connectivity index (χ2n) is 8.77. The van der Waals surface area contributed by atoms with Crippen molar-refractivity contribution >= 4 is 23.6 Å². The van der Waals surface area contributed by atoms with Gasteiger partial charge in [-0.2, -0.15) is 0 Å². The Balaban J connectivity index is 1.26. The first-order valence-electron chi connectivity index (χ1n) is 10.5. The maximum absolute atomic E-state index is 12.6. The molecule has 1 aromatic carbocycles. The Kier molecular flexibility index (Phi) is 5.23. The highest BCUT2D eigenvalue weighted by Crippen LogP contribution is 2.31. The number of piperidine rings is 1. The highest BCUT2D eigenvalue weighted by molar-refractivity contribution is 5.97. The zero-order valence-electron chi connectivity index (χ0n) is 17.2. The maximum atomic E-state index is 12.6. The lowest BCUT2D eigenvalue weighted by atomic mass is 9.97. The van der Waals surface area contributed by atoms with Crippen molar-refractivity contribution in [1.29, 1.82) is 0 Å². The van der Waals surface area contributed by atoms with E-state index in [2.05, 4.69) is 6.07 Å². The molecule has 3 heterocycles. The van der Waals surface area contributed by atoms with Crippen LogP contribution in [-0.2, 0) is 20.7 Å². The Bertz CT molecular complexity index is 814. The Morgan fingerprint density at radius 2 is 1.76 bits per heavy atom. The molecule has 29 heavy (non-hydrogen) atoms. The number of ether oxygens (including phenoxy) is 1. The van der Waals surface area contributed by atoms with Crippen LogP contribution in [0.3, 0.4) is 0 Å². The van der Waals surface area contributed by atoms with Gasteiger partial charge in [-0.05, 0) is 44.7 Å². The number of rotatable bonds is 4. The number of benzene rings is 1. The summed E-state index contributed by atoms with van der Waals surface area (Å²) in [5.74, 6) is 0.0345. The van der Waals surface area contributed by atoms with Crippen molar-refractivity contribution in [2.45, 2.75) is 57.5 Å². The largest absolute Gasteiger partial charge is 0.447 e. The van der Waals surface area contributed by atoms with E-state index in [1.54, 1.807) is 4.90 Å². The number of carbonyl (C=O) groups excluding carboxylic acids is 3. The van der Waals surface area contributed by atoms with Crippen LogP contribution in [0.1, 0.15) is 45.1 Å². The van der Waals surface area contributed by atoms with E-state index in [0.717, 1.165) is 24.9 Å². The molecule has 0 radical (unpaired) electrons. The van der Waals surface area contributed by atoms with Gasteiger partial charge in [-0.3, -0.25) is 14.5 Å². The minimum Gasteiger partial charge on any atom is -0.447 e. The van der Waals surface area contributed by atoms with E-state index < -0.39 is 0 Å². The van der Waals surface area contributed by atoms with Gasteiger partial charge in [0.25, 0.3) is 0 Å². The summed E-state index contributed by atoms with van der Waals surface area (Å²) >= 11 is 0. The lowest BCUT2D eigenvalue weighted by molar-refractivity contribution is -0.134. The normalized spacial score (nSPS) is 21.3. The van der Waals surface area contributed by atoms with Gasteiger partial charge in [-0.25, -0.2) is 4.79 Å². The summed E-state index contributed by atoms with van der Waals surface area (Å²) in [4.78, 5) is 42.8. The number of hydrogen-bond donors (Lipinski definition) is 0.